The molecule has 104 valence electrons. The lowest BCUT2D eigenvalue weighted by Crippen LogP contribution is -2.46. The normalized spacial score (nSPS) is 17.8. The molecule has 1 aliphatic rings. The van der Waals surface area contributed by atoms with Gasteiger partial charge in [-0.05, 0) is 12.1 Å². The monoisotopic (exact) mass is 327 g/mol. The molecule has 0 bridgehead atoms. The van der Waals surface area contributed by atoms with E-state index in [9.17, 15) is 26.8 Å². The molecule has 0 aromatic heterocycles. The average molecular weight is 328 g/mol. The molecule has 1 aromatic carbocycles. The highest BCUT2D eigenvalue weighted by Crippen LogP contribution is 2.34. The fourth-order valence-corrected chi connectivity index (χ4v) is 3.73. The number of halogens is 1. The van der Waals surface area contributed by atoms with E-state index in [1.807, 2.05) is 0 Å². The molecule has 1 heterocycles. The SMILES string of the molecule is NS(=O)(=O)c1cc2c(cc1Cl)N(O)C(=O)NS2(=O)=O. The summed E-state index contributed by atoms with van der Waals surface area (Å²) in [5.41, 5.74) is -0.471. The van der Waals surface area contributed by atoms with Crippen molar-refractivity contribution in [1.29, 1.82) is 0 Å². The van der Waals surface area contributed by atoms with Crippen molar-refractivity contribution in [1.82, 2.24) is 4.72 Å². The van der Waals surface area contributed by atoms with Gasteiger partial charge in [0, 0.05) is 0 Å². The Morgan fingerprint density at radius 3 is 2.47 bits per heavy atom. The van der Waals surface area contributed by atoms with Gasteiger partial charge in [-0.15, -0.1) is 0 Å². The Kier molecular flexibility index (Phi) is 2.98. The van der Waals surface area contributed by atoms with Crippen LogP contribution in [-0.2, 0) is 20.0 Å². The predicted octanol–water partition coefficient (Wildman–Crippen LogP) is -0.405. The number of hydroxylamine groups is 1. The Hall–Kier alpha value is -1.40. The van der Waals surface area contributed by atoms with Crippen molar-refractivity contribution < 1.29 is 26.8 Å². The summed E-state index contributed by atoms with van der Waals surface area (Å²) in [4.78, 5) is 9.89. The first-order chi connectivity index (χ1) is 8.54. The molecule has 2 amide bonds. The summed E-state index contributed by atoms with van der Waals surface area (Å²) in [6.07, 6.45) is 0. The molecule has 9 nitrogen and oxygen atoms in total. The number of urea groups is 1. The van der Waals surface area contributed by atoms with Gasteiger partial charge in [-0.3, -0.25) is 5.21 Å². The Labute approximate surface area is 112 Å². The van der Waals surface area contributed by atoms with Gasteiger partial charge in [-0.2, -0.15) is 5.06 Å². The number of sulfonamides is 2. The number of rotatable bonds is 1. The molecule has 1 aromatic rings. The minimum atomic E-state index is -4.30. The van der Waals surface area contributed by atoms with Crippen molar-refractivity contribution in [3.05, 3.63) is 17.2 Å². The Balaban J connectivity index is 2.86. The van der Waals surface area contributed by atoms with Crippen LogP contribution in [0.1, 0.15) is 0 Å². The fourth-order valence-electron chi connectivity index (χ4n) is 1.45. The predicted molar refractivity (Wildman–Crippen MR) is 62.8 cm³/mol. The first-order valence-electron chi connectivity index (χ1n) is 4.46. The maximum absolute atomic E-state index is 11.7. The summed E-state index contributed by atoms with van der Waals surface area (Å²) < 4.78 is 47.3. The van der Waals surface area contributed by atoms with Crippen LogP contribution >= 0.6 is 11.6 Å². The Morgan fingerprint density at radius 2 is 1.95 bits per heavy atom. The number of hydrogen-bond acceptors (Lipinski definition) is 6. The van der Waals surface area contributed by atoms with E-state index in [0.29, 0.717) is 6.07 Å². The van der Waals surface area contributed by atoms with Crippen molar-refractivity contribution in [2.75, 3.05) is 5.06 Å². The molecule has 0 radical (unpaired) electrons. The van der Waals surface area contributed by atoms with Crippen LogP contribution in [0.15, 0.2) is 21.9 Å². The van der Waals surface area contributed by atoms with Gasteiger partial charge in [0.2, 0.25) is 10.0 Å². The maximum Gasteiger partial charge on any atom is 0.359 e. The lowest BCUT2D eigenvalue weighted by Gasteiger charge is -2.24. The fraction of sp³-hybridized carbons (Fsp3) is 0. The molecule has 12 heteroatoms. The van der Waals surface area contributed by atoms with Gasteiger partial charge in [-0.1, -0.05) is 11.6 Å². The third kappa shape index (κ3) is 2.26. The van der Waals surface area contributed by atoms with Crippen LogP contribution < -0.4 is 14.9 Å². The van der Waals surface area contributed by atoms with E-state index in [2.05, 4.69) is 0 Å². The molecule has 2 rings (SSSR count). The lowest BCUT2D eigenvalue weighted by molar-refractivity contribution is 0.207. The van der Waals surface area contributed by atoms with Crippen LogP contribution in [0.25, 0.3) is 0 Å². The maximum atomic E-state index is 11.7. The highest BCUT2D eigenvalue weighted by molar-refractivity contribution is 7.90. The number of carbonyl (C=O) groups excluding carboxylic acids is 1. The molecule has 0 fully saturated rings. The molecule has 0 atom stereocenters. The molecular formula is C7H6ClN3O6S2. The first kappa shape index (κ1) is 14.0. The third-order valence-electron chi connectivity index (χ3n) is 2.25. The van der Waals surface area contributed by atoms with Crippen LogP contribution in [0.4, 0.5) is 10.5 Å². The van der Waals surface area contributed by atoms with E-state index in [1.54, 1.807) is 0 Å². The van der Waals surface area contributed by atoms with Crippen LogP contribution in [-0.4, -0.2) is 28.1 Å². The van der Waals surface area contributed by atoms with Crippen molar-refractivity contribution in [3.63, 3.8) is 0 Å². The molecule has 0 spiro atoms. The lowest BCUT2D eigenvalue weighted by atomic mass is 10.3. The number of benzene rings is 1. The van der Waals surface area contributed by atoms with E-state index in [4.69, 9.17) is 16.7 Å². The van der Waals surface area contributed by atoms with Gasteiger partial charge in [0.15, 0.2) is 0 Å². The summed E-state index contributed by atoms with van der Waals surface area (Å²) in [6, 6.07) is 0.157. The number of amides is 2. The summed E-state index contributed by atoms with van der Waals surface area (Å²) in [5, 5.41) is 13.8. The van der Waals surface area contributed by atoms with E-state index < -0.39 is 46.6 Å². The zero-order chi connectivity index (χ0) is 14.6. The Bertz CT molecular complexity index is 787. The Morgan fingerprint density at radius 1 is 1.37 bits per heavy atom. The standard InChI is InChI=1S/C7H6ClN3O6S2/c8-3-1-4-6(2-5(3)18(9,14)15)19(16,17)10-7(12)11(4)13/h1-2,13H,(H,10,12)(H2,9,14,15). The van der Waals surface area contributed by atoms with E-state index in [-0.39, 0.29) is 5.06 Å². The first-order valence-corrected chi connectivity index (χ1v) is 7.87. The van der Waals surface area contributed by atoms with E-state index in [0.717, 1.165) is 6.07 Å². The number of nitrogens with two attached hydrogens (primary N) is 1. The van der Waals surface area contributed by atoms with Crippen LogP contribution in [0.3, 0.4) is 0 Å². The van der Waals surface area contributed by atoms with Crippen molar-refractivity contribution in [2.24, 2.45) is 5.14 Å². The van der Waals surface area contributed by atoms with Crippen LogP contribution in [0, 0.1) is 0 Å². The number of fused-ring (bicyclic) bond motifs is 1. The topological polar surface area (TPSA) is 147 Å². The molecule has 0 aliphatic carbocycles. The van der Waals surface area contributed by atoms with Crippen molar-refractivity contribution in [3.8, 4) is 0 Å². The summed E-state index contributed by atoms with van der Waals surface area (Å²) in [5.74, 6) is 0. The van der Waals surface area contributed by atoms with Gasteiger partial charge in [0.25, 0.3) is 10.0 Å². The zero-order valence-electron chi connectivity index (χ0n) is 8.86. The highest BCUT2D eigenvalue weighted by atomic mass is 35.5. The van der Waals surface area contributed by atoms with E-state index >= 15 is 0 Å². The molecule has 0 unspecified atom stereocenters. The summed E-state index contributed by atoms with van der Waals surface area (Å²) >= 11 is 5.63. The number of nitrogens with zero attached hydrogens (tertiary/aromatic N) is 1. The molecular weight excluding hydrogens is 322 g/mol. The minimum absolute atomic E-state index is 0.00478. The smallest absolute Gasteiger partial charge is 0.279 e. The second kappa shape index (κ2) is 4.05. The highest BCUT2D eigenvalue weighted by Gasteiger charge is 2.35. The number of hydrogen-bond donors (Lipinski definition) is 3. The summed E-state index contributed by atoms with van der Waals surface area (Å²) in [6.45, 7) is 0. The number of primary sulfonamides is 1. The molecule has 0 saturated carbocycles. The zero-order valence-corrected chi connectivity index (χ0v) is 11.3. The molecule has 4 N–H and O–H groups in total. The van der Waals surface area contributed by atoms with E-state index in [1.165, 1.54) is 4.72 Å². The van der Waals surface area contributed by atoms with Crippen LogP contribution in [0.5, 0.6) is 0 Å². The average Bonchev–Trinajstić information content (AvgIpc) is 2.23. The number of nitrogens with one attached hydrogen (secondary N) is 1. The second-order valence-corrected chi connectivity index (χ2v) is 7.11. The second-order valence-electron chi connectivity index (χ2n) is 3.52. The number of anilines is 1. The van der Waals surface area contributed by atoms with Gasteiger partial charge in [-0.25, -0.2) is 31.5 Å². The minimum Gasteiger partial charge on any atom is -0.279 e. The van der Waals surface area contributed by atoms with Crippen LogP contribution in [0.2, 0.25) is 5.02 Å². The third-order valence-corrected chi connectivity index (χ3v) is 4.98. The summed E-state index contributed by atoms with van der Waals surface area (Å²) in [7, 11) is -8.56. The largest absolute Gasteiger partial charge is 0.359 e. The van der Waals surface area contributed by atoms with Gasteiger partial charge >= 0.3 is 6.03 Å². The van der Waals surface area contributed by atoms with Gasteiger partial charge < -0.3 is 0 Å². The molecule has 19 heavy (non-hydrogen) atoms. The van der Waals surface area contributed by atoms with Gasteiger partial charge in [0.05, 0.1) is 10.7 Å². The van der Waals surface area contributed by atoms with Gasteiger partial charge in [0.1, 0.15) is 9.79 Å². The number of carbonyl (C=O) groups is 1. The van der Waals surface area contributed by atoms with Crippen molar-refractivity contribution >= 4 is 43.4 Å². The van der Waals surface area contributed by atoms with Crippen molar-refractivity contribution in [2.45, 2.75) is 9.79 Å². The molecule has 0 saturated heterocycles. The molecule has 1 aliphatic heterocycles. The quantitative estimate of drug-likeness (QED) is 0.598.